The summed E-state index contributed by atoms with van der Waals surface area (Å²) in [7, 11) is -3.65. The summed E-state index contributed by atoms with van der Waals surface area (Å²) in [5, 5.41) is 5.39. The van der Waals surface area contributed by atoms with Crippen molar-refractivity contribution in [2.45, 2.75) is 64.6 Å². The van der Waals surface area contributed by atoms with Gasteiger partial charge in [0.25, 0.3) is 10.2 Å². The van der Waals surface area contributed by atoms with Crippen molar-refractivity contribution in [1.29, 1.82) is 0 Å². The second-order valence-electron chi connectivity index (χ2n) is 8.28. The zero-order valence-corrected chi connectivity index (χ0v) is 16.9. The Bertz CT molecular complexity index is 452. The fraction of sp³-hybridized carbons (Fsp3) is 1.00. The molecule has 2 N–H and O–H groups in total. The molecule has 1 rings (SSSR count). The van der Waals surface area contributed by atoms with Gasteiger partial charge >= 0.3 is 0 Å². The van der Waals surface area contributed by atoms with Crippen LogP contribution in [-0.2, 0) is 14.6 Å². The van der Waals surface area contributed by atoms with Crippen LogP contribution in [0.2, 0.25) is 18.1 Å². The Labute approximate surface area is 137 Å². The van der Waals surface area contributed by atoms with E-state index in [0.29, 0.717) is 18.4 Å². The second kappa shape index (κ2) is 7.30. The number of hydrogen-bond acceptors (Lipinski definition) is 3. The van der Waals surface area contributed by atoms with Gasteiger partial charge < -0.3 is 4.43 Å². The van der Waals surface area contributed by atoms with Gasteiger partial charge in [-0.2, -0.15) is 12.7 Å². The highest BCUT2D eigenvalue weighted by atomic mass is 32.2. The molecule has 0 aromatic rings. The van der Waals surface area contributed by atoms with Crippen molar-refractivity contribution in [2.75, 3.05) is 20.2 Å². The Morgan fingerprint density at radius 2 is 1.59 bits per heavy atom. The molecule has 1 aliphatic carbocycles. The van der Waals surface area contributed by atoms with Crippen LogP contribution < -0.4 is 5.14 Å². The topological polar surface area (TPSA) is 72.6 Å². The van der Waals surface area contributed by atoms with Crippen molar-refractivity contribution in [3.8, 4) is 0 Å². The quantitative estimate of drug-likeness (QED) is 0.749. The summed E-state index contributed by atoms with van der Waals surface area (Å²) < 4.78 is 30.1. The largest absolute Gasteiger partial charge is 0.417 e. The lowest BCUT2D eigenvalue weighted by atomic mass is 9.82. The first-order valence-corrected chi connectivity index (χ1v) is 12.6. The SMILES string of the molecule is CN(CC1CCC(CO[Si](C)(C)C(C)(C)C)CC1)S(N)(=O)=O. The van der Waals surface area contributed by atoms with Gasteiger partial charge in [0.05, 0.1) is 0 Å². The van der Waals surface area contributed by atoms with E-state index in [1.54, 1.807) is 7.05 Å². The first-order chi connectivity index (χ1) is 9.83. The highest BCUT2D eigenvalue weighted by Gasteiger charge is 2.37. The minimum Gasteiger partial charge on any atom is -0.417 e. The maximum Gasteiger partial charge on any atom is 0.276 e. The maximum absolute atomic E-state index is 11.3. The maximum atomic E-state index is 11.3. The van der Waals surface area contributed by atoms with Gasteiger partial charge in [-0.15, -0.1) is 0 Å². The van der Waals surface area contributed by atoms with Gasteiger partial charge in [-0.05, 0) is 55.7 Å². The van der Waals surface area contributed by atoms with Crippen molar-refractivity contribution in [3.05, 3.63) is 0 Å². The van der Waals surface area contributed by atoms with Gasteiger partial charge in [-0.3, -0.25) is 0 Å². The summed E-state index contributed by atoms with van der Waals surface area (Å²) in [6, 6.07) is 0. The fourth-order valence-corrected chi connectivity index (χ4v) is 4.09. The minimum absolute atomic E-state index is 0.252. The average molecular weight is 351 g/mol. The monoisotopic (exact) mass is 350 g/mol. The molecule has 132 valence electrons. The van der Waals surface area contributed by atoms with E-state index in [-0.39, 0.29) is 5.04 Å². The molecule has 0 bridgehead atoms. The molecule has 1 fully saturated rings. The van der Waals surface area contributed by atoms with Gasteiger partial charge in [0, 0.05) is 20.2 Å². The lowest BCUT2D eigenvalue weighted by Crippen LogP contribution is -2.42. The van der Waals surface area contributed by atoms with Crippen LogP contribution >= 0.6 is 0 Å². The zero-order chi connectivity index (χ0) is 17.2. The first kappa shape index (κ1) is 20.1. The van der Waals surface area contributed by atoms with Crippen molar-refractivity contribution >= 4 is 18.5 Å². The molecule has 0 unspecified atom stereocenters. The van der Waals surface area contributed by atoms with Crippen molar-refractivity contribution in [2.24, 2.45) is 17.0 Å². The van der Waals surface area contributed by atoms with Crippen LogP contribution in [0.15, 0.2) is 0 Å². The second-order valence-corrected chi connectivity index (χ2v) is 14.7. The Morgan fingerprint density at radius 1 is 1.14 bits per heavy atom. The molecule has 0 radical (unpaired) electrons. The van der Waals surface area contributed by atoms with Crippen LogP contribution in [-0.4, -0.2) is 41.2 Å². The first-order valence-electron chi connectivity index (χ1n) is 8.21. The smallest absolute Gasteiger partial charge is 0.276 e. The standard InChI is InChI=1S/C15H34N2O3SSi/c1-15(2,3)22(5,6)20-12-14-9-7-13(8-10-14)11-17(4)21(16,18)19/h13-14H,7-12H2,1-6H3,(H2,16,18,19). The van der Waals surface area contributed by atoms with Gasteiger partial charge in [-0.1, -0.05) is 20.8 Å². The summed E-state index contributed by atoms with van der Waals surface area (Å²) in [5.74, 6) is 1.04. The minimum atomic E-state index is -3.55. The van der Waals surface area contributed by atoms with Crippen molar-refractivity contribution in [1.82, 2.24) is 4.31 Å². The molecule has 0 amide bonds. The number of nitrogens with zero attached hydrogens (tertiary/aromatic N) is 1. The molecule has 7 heteroatoms. The third-order valence-electron chi connectivity index (χ3n) is 5.40. The van der Waals surface area contributed by atoms with Crippen LogP contribution in [0.5, 0.6) is 0 Å². The van der Waals surface area contributed by atoms with Gasteiger partial charge in [-0.25, -0.2) is 5.14 Å². The van der Waals surface area contributed by atoms with Crippen LogP contribution in [0.4, 0.5) is 0 Å². The molecule has 0 aliphatic heterocycles. The average Bonchev–Trinajstić information content (AvgIpc) is 2.35. The highest BCUT2D eigenvalue weighted by Crippen LogP contribution is 2.38. The third-order valence-corrected chi connectivity index (χ3v) is 10.9. The van der Waals surface area contributed by atoms with E-state index in [2.05, 4.69) is 33.9 Å². The molecule has 0 aromatic carbocycles. The van der Waals surface area contributed by atoms with Crippen molar-refractivity contribution < 1.29 is 12.8 Å². The molecule has 0 saturated heterocycles. The zero-order valence-electron chi connectivity index (χ0n) is 15.1. The number of rotatable bonds is 6. The molecule has 0 spiro atoms. The third kappa shape index (κ3) is 5.92. The van der Waals surface area contributed by atoms with E-state index in [9.17, 15) is 8.42 Å². The summed E-state index contributed by atoms with van der Waals surface area (Å²) in [4.78, 5) is 0. The van der Waals surface area contributed by atoms with Crippen molar-refractivity contribution in [3.63, 3.8) is 0 Å². The number of hydrogen-bond donors (Lipinski definition) is 1. The van der Waals surface area contributed by atoms with E-state index in [1.165, 1.54) is 4.31 Å². The van der Waals surface area contributed by atoms with Crippen LogP contribution in [0.1, 0.15) is 46.5 Å². The van der Waals surface area contributed by atoms with Gasteiger partial charge in [0.1, 0.15) is 0 Å². The fourth-order valence-electron chi connectivity index (χ4n) is 2.59. The molecular formula is C15H34N2O3SSi. The number of nitrogens with two attached hydrogens (primary N) is 1. The molecule has 0 atom stereocenters. The summed E-state index contributed by atoms with van der Waals surface area (Å²) in [5.41, 5.74) is 0. The van der Waals surface area contributed by atoms with E-state index in [0.717, 1.165) is 32.3 Å². The Kier molecular flexibility index (Phi) is 6.66. The van der Waals surface area contributed by atoms with E-state index >= 15 is 0 Å². The molecule has 22 heavy (non-hydrogen) atoms. The summed E-state index contributed by atoms with van der Waals surface area (Å²) in [6.45, 7) is 12.8. The molecular weight excluding hydrogens is 316 g/mol. The van der Waals surface area contributed by atoms with Crippen LogP contribution in [0.3, 0.4) is 0 Å². The van der Waals surface area contributed by atoms with Crippen LogP contribution in [0, 0.1) is 11.8 Å². The summed E-state index contributed by atoms with van der Waals surface area (Å²) >= 11 is 0. The Balaban J connectivity index is 2.38. The van der Waals surface area contributed by atoms with E-state index in [4.69, 9.17) is 9.56 Å². The molecule has 0 aromatic heterocycles. The Hall–Kier alpha value is 0.0469. The molecule has 1 aliphatic rings. The van der Waals surface area contributed by atoms with E-state index < -0.39 is 18.5 Å². The van der Waals surface area contributed by atoms with E-state index in [1.807, 2.05) is 0 Å². The Morgan fingerprint density at radius 3 is 2.00 bits per heavy atom. The lowest BCUT2D eigenvalue weighted by molar-refractivity contribution is 0.164. The normalized spacial score (nSPS) is 24.7. The van der Waals surface area contributed by atoms with Crippen LogP contribution in [0.25, 0.3) is 0 Å². The molecule has 0 heterocycles. The highest BCUT2D eigenvalue weighted by molar-refractivity contribution is 7.86. The summed E-state index contributed by atoms with van der Waals surface area (Å²) in [6.07, 6.45) is 4.37. The molecule has 5 nitrogen and oxygen atoms in total. The lowest BCUT2D eigenvalue weighted by Gasteiger charge is -2.38. The predicted octanol–water partition coefficient (Wildman–Crippen LogP) is 2.95. The van der Waals surface area contributed by atoms with Gasteiger partial charge in [0.2, 0.25) is 0 Å². The predicted molar refractivity (Wildman–Crippen MR) is 94.3 cm³/mol. The van der Waals surface area contributed by atoms with Gasteiger partial charge in [0.15, 0.2) is 8.32 Å². The molecule has 1 saturated carbocycles.